The van der Waals surface area contributed by atoms with Gasteiger partial charge in [0.15, 0.2) is 5.96 Å². The molecule has 0 saturated carbocycles. The summed E-state index contributed by atoms with van der Waals surface area (Å²) < 4.78 is 0. The van der Waals surface area contributed by atoms with E-state index >= 15 is 0 Å². The zero-order valence-corrected chi connectivity index (χ0v) is 12.6. The van der Waals surface area contributed by atoms with Crippen LogP contribution in [0.3, 0.4) is 0 Å². The van der Waals surface area contributed by atoms with Crippen LogP contribution in [0.25, 0.3) is 0 Å². The van der Waals surface area contributed by atoms with E-state index < -0.39 is 0 Å². The van der Waals surface area contributed by atoms with Crippen molar-refractivity contribution in [3.05, 3.63) is 48.6 Å². The summed E-state index contributed by atoms with van der Waals surface area (Å²) in [4.78, 5) is 6.47. The zero-order chi connectivity index (χ0) is 14.6. The normalized spacial score (nSPS) is 11.4. The monoisotopic (exact) mass is 274 g/mol. The third-order valence-electron chi connectivity index (χ3n) is 2.94. The zero-order valence-electron chi connectivity index (χ0n) is 12.6. The van der Waals surface area contributed by atoms with Gasteiger partial charge >= 0.3 is 0 Å². The third kappa shape index (κ3) is 6.95. The number of aliphatic imine (C=N–C) groups is 1. The van der Waals surface area contributed by atoms with E-state index in [1.807, 2.05) is 6.08 Å². The Bertz CT molecular complexity index is 400. The van der Waals surface area contributed by atoms with Crippen LogP contribution in [0.2, 0.25) is 0 Å². The lowest BCUT2D eigenvalue weighted by atomic mass is 10.2. The van der Waals surface area contributed by atoms with Crippen molar-refractivity contribution < 1.29 is 0 Å². The van der Waals surface area contributed by atoms with Crippen LogP contribution in [0.4, 0.5) is 0 Å². The molecule has 0 spiro atoms. The van der Waals surface area contributed by atoms with Crippen LogP contribution >= 0.6 is 0 Å². The van der Waals surface area contributed by atoms with E-state index in [-0.39, 0.29) is 0 Å². The first-order valence-corrected chi connectivity index (χ1v) is 7.04. The van der Waals surface area contributed by atoms with Gasteiger partial charge in [0.2, 0.25) is 0 Å². The molecule has 0 aliphatic rings. The molecule has 0 aromatic heterocycles. The maximum Gasteiger partial charge on any atom is 0.191 e. The molecule has 0 bridgehead atoms. The molecule has 20 heavy (non-hydrogen) atoms. The van der Waals surface area contributed by atoms with Gasteiger partial charge in [0.25, 0.3) is 0 Å². The fraction of sp³-hybridized carbons (Fsp3) is 0.438. The van der Waals surface area contributed by atoms with Gasteiger partial charge in [-0.2, -0.15) is 0 Å². The van der Waals surface area contributed by atoms with Crippen LogP contribution in [0.1, 0.15) is 12.0 Å². The van der Waals surface area contributed by atoms with Crippen molar-refractivity contribution in [1.29, 1.82) is 0 Å². The van der Waals surface area contributed by atoms with Crippen LogP contribution in [-0.2, 0) is 6.54 Å². The van der Waals surface area contributed by atoms with Gasteiger partial charge in [-0.15, -0.1) is 6.58 Å². The standard InChI is InChI=1S/C16H26N4/c1-4-11-18-16(17-2)19-12-8-13-20(3)14-15-9-6-5-7-10-15/h4-7,9-10H,1,8,11-14H2,2-3H3,(H2,17,18,19). The smallest absolute Gasteiger partial charge is 0.191 e. The van der Waals surface area contributed by atoms with Crippen molar-refractivity contribution in [2.75, 3.05) is 33.7 Å². The summed E-state index contributed by atoms with van der Waals surface area (Å²) in [5.74, 6) is 0.829. The highest BCUT2D eigenvalue weighted by Crippen LogP contribution is 2.02. The van der Waals surface area contributed by atoms with Crippen molar-refractivity contribution in [2.45, 2.75) is 13.0 Å². The molecule has 0 saturated heterocycles. The van der Waals surface area contributed by atoms with Gasteiger partial charge in [-0.05, 0) is 25.6 Å². The summed E-state index contributed by atoms with van der Waals surface area (Å²) in [6.45, 7) is 7.36. The lowest BCUT2D eigenvalue weighted by Gasteiger charge is -2.17. The summed E-state index contributed by atoms with van der Waals surface area (Å²) in [6, 6.07) is 10.5. The first kappa shape index (κ1) is 16.2. The Kier molecular flexibility index (Phi) is 8.15. The number of rotatable bonds is 8. The molecular weight excluding hydrogens is 248 g/mol. The minimum atomic E-state index is 0.730. The Labute approximate surface area is 122 Å². The number of benzene rings is 1. The summed E-state index contributed by atoms with van der Waals surface area (Å²) in [6.07, 6.45) is 2.90. The second kappa shape index (κ2) is 10.0. The first-order valence-electron chi connectivity index (χ1n) is 7.04. The molecule has 1 aromatic rings. The van der Waals surface area contributed by atoms with E-state index in [4.69, 9.17) is 0 Å². The second-order valence-corrected chi connectivity index (χ2v) is 4.75. The largest absolute Gasteiger partial charge is 0.356 e. The highest BCUT2D eigenvalue weighted by molar-refractivity contribution is 5.79. The van der Waals surface area contributed by atoms with Crippen LogP contribution in [0, 0.1) is 0 Å². The van der Waals surface area contributed by atoms with E-state index in [1.54, 1.807) is 7.05 Å². The van der Waals surface area contributed by atoms with Crippen LogP contribution in [0.15, 0.2) is 48.0 Å². The summed E-state index contributed by atoms with van der Waals surface area (Å²) in [5, 5.41) is 6.44. The van der Waals surface area contributed by atoms with Gasteiger partial charge < -0.3 is 15.5 Å². The molecule has 1 rings (SSSR count). The highest BCUT2D eigenvalue weighted by atomic mass is 15.2. The Hall–Kier alpha value is -1.81. The molecule has 4 nitrogen and oxygen atoms in total. The lowest BCUT2D eigenvalue weighted by molar-refractivity contribution is 0.322. The molecule has 2 N–H and O–H groups in total. The molecule has 0 radical (unpaired) electrons. The molecule has 1 aromatic carbocycles. The van der Waals surface area contributed by atoms with E-state index in [0.717, 1.165) is 38.6 Å². The van der Waals surface area contributed by atoms with Gasteiger partial charge in [0.1, 0.15) is 0 Å². The predicted molar refractivity (Wildman–Crippen MR) is 87.0 cm³/mol. The molecule has 0 heterocycles. The Morgan fingerprint density at radius 2 is 2.05 bits per heavy atom. The molecule has 0 atom stereocenters. The summed E-state index contributed by atoms with van der Waals surface area (Å²) >= 11 is 0. The number of hydrogen-bond acceptors (Lipinski definition) is 2. The maximum atomic E-state index is 4.14. The molecule has 0 amide bonds. The van der Waals surface area contributed by atoms with E-state index in [1.165, 1.54) is 5.56 Å². The fourth-order valence-electron chi connectivity index (χ4n) is 1.92. The fourth-order valence-corrected chi connectivity index (χ4v) is 1.92. The third-order valence-corrected chi connectivity index (χ3v) is 2.94. The van der Waals surface area contributed by atoms with Crippen LogP contribution in [0.5, 0.6) is 0 Å². The predicted octanol–water partition coefficient (Wildman–Crippen LogP) is 1.86. The first-order chi connectivity index (χ1) is 9.76. The van der Waals surface area contributed by atoms with Crippen molar-refractivity contribution >= 4 is 5.96 Å². The Balaban J connectivity index is 2.15. The van der Waals surface area contributed by atoms with E-state index in [0.29, 0.717) is 0 Å². The summed E-state index contributed by atoms with van der Waals surface area (Å²) in [5.41, 5.74) is 1.35. The van der Waals surface area contributed by atoms with Gasteiger partial charge in [0.05, 0.1) is 0 Å². The SMILES string of the molecule is C=CCNC(=NC)NCCCN(C)Cc1ccccc1. The average Bonchev–Trinajstić information content (AvgIpc) is 2.47. The summed E-state index contributed by atoms with van der Waals surface area (Å²) in [7, 11) is 3.93. The number of guanidine groups is 1. The highest BCUT2D eigenvalue weighted by Gasteiger charge is 2.00. The number of nitrogens with zero attached hydrogens (tertiary/aromatic N) is 2. The quantitative estimate of drug-likeness (QED) is 0.329. The lowest BCUT2D eigenvalue weighted by Crippen LogP contribution is -2.38. The average molecular weight is 274 g/mol. The number of nitrogens with one attached hydrogen (secondary N) is 2. The van der Waals surface area contributed by atoms with E-state index in [9.17, 15) is 0 Å². The molecule has 0 fully saturated rings. The molecule has 0 aliphatic carbocycles. The van der Waals surface area contributed by atoms with Crippen molar-refractivity contribution in [1.82, 2.24) is 15.5 Å². The second-order valence-electron chi connectivity index (χ2n) is 4.75. The molecular formula is C16H26N4. The van der Waals surface area contributed by atoms with Gasteiger partial charge in [-0.1, -0.05) is 36.4 Å². The van der Waals surface area contributed by atoms with Gasteiger partial charge in [-0.3, -0.25) is 4.99 Å². The Morgan fingerprint density at radius 3 is 2.70 bits per heavy atom. The van der Waals surface area contributed by atoms with Crippen LogP contribution < -0.4 is 10.6 Å². The molecule has 0 unspecified atom stereocenters. The molecule has 4 heteroatoms. The van der Waals surface area contributed by atoms with Crippen molar-refractivity contribution in [2.24, 2.45) is 4.99 Å². The maximum absolute atomic E-state index is 4.14. The topological polar surface area (TPSA) is 39.7 Å². The Morgan fingerprint density at radius 1 is 1.30 bits per heavy atom. The van der Waals surface area contributed by atoms with Crippen LogP contribution in [-0.4, -0.2) is 44.6 Å². The van der Waals surface area contributed by atoms with Crippen molar-refractivity contribution in [3.8, 4) is 0 Å². The van der Waals surface area contributed by atoms with Crippen molar-refractivity contribution in [3.63, 3.8) is 0 Å². The number of hydrogen-bond donors (Lipinski definition) is 2. The minimum absolute atomic E-state index is 0.730. The minimum Gasteiger partial charge on any atom is -0.356 e. The van der Waals surface area contributed by atoms with Gasteiger partial charge in [-0.25, -0.2) is 0 Å². The van der Waals surface area contributed by atoms with E-state index in [2.05, 4.69) is 64.5 Å². The molecule has 110 valence electrons. The molecule has 0 aliphatic heterocycles. The van der Waals surface area contributed by atoms with Gasteiger partial charge in [0, 0.05) is 26.7 Å².